The van der Waals surface area contributed by atoms with Crippen molar-refractivity contribution in [2.24, 2.45) is 0 Å². The van der Waals surface area contributed by atoms with Crippen molar-refractivity contribution in [1.29, 1.82) is 0 Å². The Kier molecular flexibility index (Phi) is 5.00. The van der Waals surface area contributed by atoms with E-state index in [1.807, 2.05) is 83.4 Å². The first kappa shape index (κ1) is 19.5. The highest BCUT2D eigenvalue weighted by Crippen LogP contribution is 2.22. The van der Waals surface area contributed by atoms with Gasteiger partial charge < -0.3 is 4.57 Å². The van der Waals surface area contributed by atoms with Crippen molar-refractivity contribution >= 4 is 43.4 Å². The zero-order valence-electron chi connectivity index (χ0n) is 16.6. The molecular formula is C27H18BrNO2. The maximum absolute atomic E-state index is 13.6. The van der Waals surface area contributed by atoms with Crippen LogP contribution in [0, 0.1) is 0 Å². The topological polar surface area (TPSA) is 39.1 Å². The Balaban J connectivity index is 1.70. The molecule has 1 heterocycles. The van der Waals surface area contributed by atoms with Gasteiger partial charge in [0.25, 0.3) is 0 Å². The summed E-state index contributed by atoms with van der Waals surface area (Å²) in [6.45, 7) is 0.559. The molecule has 0 aliphatic heterocycles. The predicted octanol–water partition coefficient (Wildman–Crippen LogP) is 6.20. The van der Waals surface area contributed by atoms with Gasteiger partial charge in [-0.25, -0.2) is 0 Å². The van der Waals surface area contributed by atoms with Crippen molar-refractivity contribution < 1.29 is 4.79 Å². The maximum atomic E-state index is 13.6. The molecule has 0 saturated heterocycles. The number of carbonyl (C=O) groups excluding carboxylic acids is 1. The predicted molar refractivity (Wildman–Crippen MR) is 129 cm³/mol. The maximum Gasteiger partial charge on any atom is 0.200 e. The molecule has 0 atom stereocenters. The summed E-state index contributed by atoms with van der Waals surface area (Å²) in [5.41, 5.74) is 2.39. The van der Waals surface area contributed by atoms with E-state index in [0.29, 0.717) is 17.5 Å². The number of carbonyl (C=O) groups is 1. The molecule has 0 aliphatic rings. The Labute approximate surface area is 187 Å². The lowest BCUT2D eigenvalue weighted by Gasteiger charge is -2.14. The Morgan fingerprint density at radius 3 is 2.23 bits per heavy atom. The van der Waals surface area contributed by atoms with Crippen LogP contribution in [-0.2, 0) is 6.54 Å². The van der Waals surface area contributed by atoms with Crippen molar-refractivity contribution in [3.63, 3.8) is 0 Å². The van der Waals surface area contributed by atoms with Crippen molar-refractivity contribution in [2.45, 2.75) is 6.54 Å². The van der Waals surface area contributed by atoms with Gasteiger partial charge in [-0.3, -0.25) is 9.59 Å². The number of benzene rings is 4. The minimum absolute atomic E-state index is 0.187. The molecule has 4 heteroatoms. The number of ketones is 1. The molecule has 0 N–H and O–H groups in total. The summed E-state index contributed by atoms with van der Waals surface area (Å²) in [6, 6.07) is 28.8. The first-order valence-electron chi connectivity index (χ1n) is 10.0. The molecule has 4 aromatic carbocycles. The second-order valence-electron chi connectivity index (χ2n) is 7.50. The van der Waals surface area contributed by atoms with Crippen molar-refractivity contribution in [3.8, 4) is 0 Å². The van der Waals surface area contributed by atoms with E-state index in [9.17, 15) is 9.59 Å². The van der Waals surface area contributed by atoms with Gasteiger partial charge in [0.1, 0.15) is 0 Å². The average molecular weight is 468 g/mol. The number of hydrogen-bond donors (Lipinski definition) is 0. The normalized spacial score (nSPS) is 11.1. The molecule has 0 saturated carbocycles. The summed E-state index contributed by atoms with van der Waals surface area (Å²) in [5.74, 6) is -0.253. The molecule has 1 aromatic heterocycles. The third kappa shape index (κ3) is 3.60. The summed E-state index contributed by atoms with van der Waals surface area (Å²) in [4.78, 5) is 26.8. The first-order chi connectivity index (χ1) is 15.1. The van der Waals surface area contributed by atoms with Crippen LogP contribution < -0.4 is 5.43 Å². The van der Waals surface area contributed by atoms with E-state index < -0.39 is 0 Å². The van der Waals surface area contributed by atoms with E-state index in [1.165, 1.54) is 0 Å². The van der Waals surface area contributed by atoms with E-state index in [-0.39, 0.29) is 16.8 Å². The van der Waals surface area contributed by atoms with Gasteiger partial charge in [-0.15, -0.1) is 0 Å². The molecule has 0 fully saturated rings. The first-order valence-corrected chi connectivity index (χ1v) is 10.8. The van der Waals surface area contributed by atoms with Crippen LogP contribution >= 0.6 is 15.9 Å². The number of rotatable bonds is 4. The fourth-order valence-electron chi connectivity index (χ4n) is 3.99. The molecule has 0 bridgehead atoms. The zero-order chi connectivity index (χ0) is 21.4. The van der Waals surface area contributed by atoms with Crippen molar-refractivity contribution in [2.75, 3.05) is 0 Å². The summed E-state index contributed by atoms with van der Waals surface area (Å²) in [5, 5.41) is 2.37. The van der Waals surface area contributed by atoms with E-state index in [2.05, 4.69) is 15.9 Å². The van der Waals surface area contributed by atoms with Crippen LogP contribution in [0.2, 0.25) is 0 Å². The van der Waals surface area contributed by atoms with Crippen molar-refractivity contribution in [1.82, 2.24) is 4.57 Å². The lowest BCUT2D eigenvalue weighted by Crippen LogP contribution is -2.20. The van der Waals surface area contributed by atoms with Crippen LogP contribution in [0.3, 0.4) is 0 Å². The minimum atomic E-state index is -0.253. The van der Waals surface area contributed by atoms with Gasteiger partial charge in [0.05, 0.1) is 11.1 Å². The molecule has 31 heavy (non-hydrogen) atoms. The van der Waals surface area contributed by atoms with Gasteiger partial charge in [0.2, 0.25) is 5.43 Å². The Morgan fingerprint density at radius 1 is 0.742 bits per heavy atom. The molecule has 150 valence electrons. The third-order valence-corrected chi connectivity index (χ3v) is 6.06. The van der Waals surface area contributed by atoms with Gasteiger partial charge in [-0.1, -0.05) is 82.7 Å². The van der Waals surface area contributed by atoms with E-state index in [1.54, 1.807) is 18.3 Å². The highest BCUT2D eigenvalue weighted by atomic mass is 79.9. The summed E-state index contributed by atoms with van der Waals surface area (Å²) in [6.07, 6.45) is 1.71. The fourth-order valence-corrected chi connectivity index (χ4v) is 4.26. The van der Waals surface area contributed by atoms with Gasteiger partial charge in [0, 0.05) is 28.2 Å². The molecular weight excluding hydrogens is 450 g/mol. The van der Waals surface area contributed by atoms with Gasteiger partial charge in [-0.05, 0) is 40.6 Å². The lowest BCUT2D eigenvalue weighted by atomic mass is 9.97. The summed E-state index contributed by atoms with van der Waals surface area (Å²) >= 11 is 3.46. The second kappa shape index (κ2) is 7.97. The number of fused-ring (bicyclic) bond motifs is 2. The van der Waals surface area contributed by atoms with Crippen LogP contribution in [0.1, 0.15) is 21.5 Å². The van der Waals surface area contributed by atoms with Gasteiger partial charge in [0.15, 0.2) is 5.78 Å². The van der Waals surface area contributed by atoms with E-state index in [4.69, 9.17) is 0 Å². The SMILES string of the molecule is O=C(c1cn(Cc2ccc(Br)cc2)c2ccccc2c1=O)c1cccc2ccccc12. The monoisotopic (exact) mass is 467 g/mol. The van der Waals surface area contributed by atoms with Crippen LogP contribution in [0.25, 0.3) is 21.7 Å². The van der Waals surface area contributed by atoms with E-state index >= 15 is 0 Å². The average Bonchev–Trinajstić information content (AvgIpc) is 2.81. The molecule has 0 spiro atoms. The molecule has 5 aromatic rings. The van der Waals surface area contributed by atoms with Crippen LogP contribution in [0.4, 0.5) is 0 Å². The number of pyridine rings is 1. The quantitative estimate of drug-likeness (QED) is 0.295. The van der Waals surface area contributed by atoms with Crippen LogP contribution in [0.5, 0.6) is 0 Å². The van der Waals surface area contributed by atoms with E-state index in [0.717, 1.165) is 26.3 Å². The largest absolute Gasteiger partial charge is 0.342 e. The molecule has 5 rings (SSSR count). The number of hydrogen-bond acceptors (Lipinski definition) is 2. The summed E-state index contributed by atoms with van der Waals surface area (Å²) < 4.78 is 2.99. The van der Waals surface area contributed by atoms with Crippen LogP contribution in [0.15, 0.2) is 106 Å². The number of halogens is 1. The zero-order valence-corrected chi connectivity index (χ0v) is 18.2. The molecule has 3 nitrogen and oxygen atoms in total. The van der Waals surface area contributed by atoms with Crippen molar-refractivity contribution in [3.05, 3.63) is 129 Å². The van der Waals surface area contributed by atoms with Crippen LogP contribution in [-0.4, -0.2) is 10.4 Å². The third-order valence-electron chi connectivity index (χ3n) is 5.53. The standard InChI is InChI=1S/C27H18BrNO2/c28-20-14-12-18(13-15-20)16-29-17-24(27(31)23-9-3-4-11-25(23)29)26(30)22-10-5-7-19-6-1-2-8-21(19)22/h1-15,17H,16H2. The molecule has 0 radical (unpaired) electrons. The minimum Gasteiger partial charge on any atom is -0.342 e. The molecule has 0 unspecified atom stereocenters. The van der Waals surface area contributed by atoms with Gasteiger partial charge in [-0.2, -0.15) is 0 Å². The fraction of sp³-hybridized carbons (Fsp3) is 0.0370. The van der Waals surface area contributed by atoms with Gasteiger partial charge >= 0.3 is 0 Å². The number of nitrogens with zero attached hydrogens (tertiary/aromatic N) is 1. The number of para-hydroxylation sites is 1. The Bertz CT molecular complexity index is 1490. The Morgan fingerprint density at radius 2 is 1.42 bits per heavy atom. The molecule has 0 amide bonds. The second-order valence-corrected chi connectivity index (χ2v) is 8.41. The number of aromatic nitrogens is 1. The smallest absolute Gasteiger partial charge is 0.200 e. The highest BCUT2D eigenvalue weighted by Gasteiger charge is 2.19. The Hall–Kier alpha value is -3.50. The lowest BCUT2D eigenvalue weighted by molar-refractivity contribution is 0.103. The summed E-state index contributed by atoms with van der Waals surface area (Å²) in [7, 11) is 0. The molecule has 0 aliphatic carbocycles. The highest BCUT2D eigenvalue weighted by molar-refractivity contribution is 9.10.